The Balaban J connectivity index is 0.884. The third kappa shape index (κ3) is 9.19. The average Bonchev–Trinajstić information content (AvgIpc) is 4.04. The van der Waals surface area contributed by atoms with Crippen LogP contribution >= 0.6 is 11.6 Å². The minimum absolute atomic E-state index is 0.0224. The summed E-state index contributed by atoms with van der Waals surface area (Å²) >= 11 is 6.46. The molecule has 4 aliphatic rings. The number of aryl methyl sites for hydroxylation is 1. The van der Waals surface area contributed by atoms with Crippen LogP contribution < -0.4 is 10.2 Å². The Bertz CT molecular complexity index is 2790. The van der Waals surface area contributed by atoms with Crippen molar-refractivity contribution in [2.75, 3.05) is 58.3 Å². The number of halogens is 4. The summed E-state index contributed by atoms with van der Waals surface area (Å²) in [6.07, 6.45) is 9.60. The number of aromatic nitrogens is 3. The fourth-order valence-corrected chi connectivity index (χ4v) is 10.6. The number of benzene rings is 3. The smallest absolute Gasteiger partial charge is 0.269 e. The van der Waals surface area contributed by atoms with Crippen molar-refractivity contribution in [3.05, 3.63) is 112 Å². The van der Waals surface area contributed by atoms with E-state index in [0.29, 0.717) is 85.7 Å². The van der Waals surface area contributed by atoms with Gasteiger partial charge >= 0.3 is 0 Å². The zero-order valence-corrected chi connectivity index (χ0v) is 38.2. The zero-order valence-electron chi connectivity index (χ0n) is 37.4. The molecule has 3 fully saturated rings. The lowest BCUT2D eigenvalue weighted by atomic mass is 9.78. The summed E-state index contributed by atoms with van der Waals surface area (Å²) in [6, 6.07) is 12.8. The van der Waals surface area contributed by atoms with Crippen molar-refractivity contribution < 1.29 is 37.1 Å². The highest BCUT2D eigenvalue weighted by Crippen LogP contribution is 2.41. The number of carbonyl (C=O) groups is 5. The van der Waals surface area contributed by atoms with Crippen molar-refractivity contribution >= 4 is 63.3 Å². The number of nitrogens with one attached hydrogen (secondary N) is 2. The lowest BCUT2D eigenvalue weighted by Crippen LogP contribution is -2.43. The monoisotopic (exact) mass is 936 g/mol. The Morgan fingerprint density at radius 2 is 1.58 bits per heavy atom. The Morgan fingerprint density at radius 1 is 0.836 bits per heavy atom. The van der Waals surface area contributed by atoms with Crippen LogP contribution in [-0.4, -0.2) is 112 Å². The summed E-state index contributed by atoms with van der Waals surface area (Å²) in [5, 5.41) is 7.12. The molecule has 17 heteroatoms. The molecular weight excluding hydrogens is 885 g/mol. The number of H-pyrrole nitrogens is 1. The maximum absolute atomic E-state index is 16.6. The molecule has 1 unspecified atom stereocenters. The molecule has 6 heterocycles. The van der Waals surface area contributed by atoms with Gasteiger partial charge in [0.1, 0.15) is 5.69 Å². The van der Waals surface area contributed by atoms with Gasteiger partial charge in [-0.1, -0.05) is 17.7 Å². The maximum atomic E-state index is 16.6. The Hall–Kier alpha value is -6.42. The van der Waals surface area contributed by atoms with Gasteiger partial charge in [-0.05, 0) is 116 Å². The third-order valence-electron chi connectivity index (χ3n) is 14.0. The van der Waals surface area contributed by atoms with Crippen LogP contribution in [0.4, 0.5) is 18.9 Å². The number of aromatic amines is 1. The molecule has 3 saturated heterocycles. The number of carbonyl (C=O) groups excluding carboxylic acids is 5. The van der Waals surface area contributed by atoms with Crippen LogP contribution in [0.3, 0.4) is 0 Å². The summed E-state index contributed by atoms with van der Waals surface area (Å²) in [6.45, 7) is 3.10. The van der Waals surface area contributed by atoms with Gasteiger partial charge in [0, 0.05) is 112 Å². The standard InChI is InChI=1S/C50H52ClF3N8O5/c1-58(2)50(67)40-27-38-36(26-35(45(53)47(38)56-40)32-5-3-18-61(28-32)43(64)16-24-62-19-4-17-55-62)33-7-10-41(46(54)44(33)52)59-20-12-29(13-21-59)30-14-22-60(23-15-30)49(66)31-6-9-39(51)37(25-31)34-8-11-42(63)57-48(34)65/h4-7,9-10,17,19,25-27,29-30,34,56H,3,8,11-16,18,20-24,28H2,1-2H3,(H,57,63,65). The van der Waals surface area contributed by atoms with Crippen molar-refractivity contribution in [1.29, 1.82) is 0 Å². The topological polar surface area (TPSA) is 144 Å². The van der Waals surface area contributed by atoms with Crippen LogP contribution in [0.5, 0.6) is 0 Å². The molecule has 5 amide bonds. The number of anilines is 1. The normalized spacial score (nSPS) is 18.6. The number of imide groups is 1. The van der Waals surface area contributed by atoms with Crippen molar-refractivity contribution in [3.63, 3.8) is 0 Å². The van der Waals surface area contributed by atoms with Gasteiger partial charge in [0.25, 0.3) is 11.8 Å². The van der Waals surface area contributed by atoms with Gasteiger partial charge in [-0.25, -0.2) is 13.2 Å². The molecule has 350 valence electrons. The van der Waals surface area contributed by atoms with E-state index in [1.54, 1.807) is 66.4 Å². The van der Waals surface area contributed by atoms with Gasteiger partial charge in [-0.3, -0.25) is 34.0 Å². The number of amides is 5. The summed E-state index contributed by atoms with van der Waals surface area (Å²) in [5.74, 6) is -4.09. The summed E-state index contributed by atoms with van der Waals surface area (Å²) in [4.78, 5) is 73.9. The molecule has 3 aromatic carbocycles. The van der Waals surface area contributed by atoms with Gasteiger partial charge in [0.05, 0.1) is 17.1 Å². The predicted octanol–water partition coefficient (Wildman–Crippen LogP) is 7.80. The second-order valence-electron chi connectivity index (χ2n) is 18.3. The van der Waals surface area contributed by atoms with Crippen LogP contribution in [-0.2, 0) is 20.9 Å². The fraction of sp³-hybridized carbons (Fsp3) is 0.400. The number of rotatable bonds is 10. The minimum Gasteiger partial charge on any atom is -0.369 e. The molecule has 9 rings (SSSR count). The molecule has 0 bridgehead atoms. The first kappa shape index (κ1) is 45.7. The zero-order chi connectivity index (χ0) is 47.1. The molecule has 67 heavy (non-hydrogen) atoms. The second-order valence-corrected chi connectivity index (χ2v) is 18.7. The van der Waals surface area contributed by atoms with Crippen molar-refractivity contribution in [2.45, 2.75) is 63.8 Å². The molecule has 13 nitrogen and oxygen atoms in total. The van der Waals surface area contributed by atoms with Crippen LogP contribution in [0.2, 0.25) is 5.02 Å². The van der Waals surface area contributed by atoms with E-state index >= 15 is 13.2 Å². The molecule has 0 saturated carbocycles. The number of nitrogens with zero attached hydrogens (tertiary/aromatic N) is 6. The summed E-state index contributed by atoms with van der Waals surface area (Å²) in [5.41, 5.74) is 1.95. The van der Waals surface area contributed by atoms with Gasteiger partial charge in [-0.15, -0.1) is 0 Å². The number of hydrogen-bond acceptors (Lipinski definition) is 7. The van der Waals surface area contributed by atoms with E-state index in [1.807, 2.05) is 15.9 Å². The molecule has 4 aliphatic heterocycles. The van der Waals surface area contributed by atoms with E-state index in [1.165, 1.54) is 23.1 Å². The first-order chi connectivity index (χ1) is 32.2. The SMILES string of the molecule is CN(C)C(=O)c1cc2c(-c3ccc(N4CCC(C5CCN(C(=O)c6ccc(Cl)c(C7CCC(=O)NC7=O)c6)CC5)CC4)c(F)c3F)cc(C3=CCCN(C(=O)CCn4cccn4)C3)c(F)c2[nH]1. The Labute approximate surface area is 390 Å². The highest BCUT2D eigenvalue weighted by atomic mass is 35.5. The molecule has 2 N–H and O–H groups in total. The molecular formula is C50H52ClF3N8O5. The summed E-state index contributed by atoms with van der Waals surface area (Å²) in [7, 11) is 3.13. The van der Waals surface area contributed by atoms with Crippen LogP contribution in [0.25, 0.3) is 27.6 Å². The van der Waals surface area contributed by atoms with Gasteiger partial charge in [0.2, 0.25) is 17.7 Å². The lowest BCUT2D eigenvalue weighted by Gasteiger charge is -2.41. The largest absolute Gasteiger partial charge is 0.369 e. The van der Waals surface area contributed by atoms with Gasteiger partial charge in [0.15, 0.2) is 17.5 Å². The number of piperidine rings is 3. The van der Waals surface area contributed by atoms with E-state index in [2.05, 4.69) is 15.4 Å². The predicted molar refractivity (Wildman–Crippen MR) is 248 cm³/mol. The van der Waals surface area contributed by atoms with Crippen molar-refractivity contribution in [3.8, 4) is 11.1 Å². The second kappa shape index (κ2) is 19.1. The summed E-state index contributed by atoms with van der Waals surface area (Å²) < 4.78 is 51.3. The van der Waals surface area contributed by atoms with Gasteiger partial charge < -0.3 is 24.6 Å². The minimum atomic E-state index is -1.09. The van der Waals surface area contributed by atoms with E-state index in [4.69, 9.17) is 11.6 Å². The fourth-order valence-electron chi connectivity index (χ4n) is 10.3. The van der Waals surface area contributed by atoms with Crippen molar-refractivity contribution in [2.24, 2.45) is 11.8 Å². The highest BCUT2D eigenvalue weighted by Gasteiger charge is 2.35. The van der Waals surface area contributed by atoms with E-state index in [0.717, 1.165) is 25.7 Å². The quantitative estimate of drug-likeness (QED) is 0.136. The van der Waals surface area contributed by atoms with Crippen LogP contribution in [0.15, 0.2) is 67.0 Å². The van der Waals surface area contributed by atoms with Gasteiger partial charge in [-0.2, -0.15) is 5.10 Å². The van der Waals surface area contributed by atoms with E-state index < -0.39 is 35.2 Å². The van der Waals surface area contributed by atoms with Crippen LogP contribution in [0, 0.1) is 29.3 Å². The number of fused-ring (bicyclic) bond motifs is 1. The first-order valence-corrected chi connectivity index (χ1v) is 23.3. The third-order valence-corrected chi connectivity index (χ3v) is 14.4. The number of hydrogen-bond donors (Lipinski definition) is 2. The van der Waals surface area contributed by atoms with Crippen LogP contribution in [0.1, 0.15) is 89.3 Å². The first-order valence-electron chi connectivity index (χ1n) is 22.9. The molecule has 0 radical (unpaired) electrons. The number of likely N-dealkylation sites (tertiary alicyclic amines) is 1. The molecule has 0 aliphatic carbocycles. The Kier molecular flexibility index (Phi) is 13.0. The highest BCUT2D eigenvalue weighted by molar-refractivity contribution is 6.32. The maximum Gasteiger partial charge on any atom is 0.269 e. The lowest BCUT2D eigenvalue weighted by molar-refractivity contribution is -0.134. The molecule has 2 aromatic heterocycles. The Morgan fingerprint density at radius 3 is 2.28 bits per heavy atom. The van der Waals surface area contributed by atoms with E-state index in [9.17, 15) is 24.0 Å². The average molecular weight is 937 g/mol. The van der Waals surface area contributed by atoms with Crippen molar-refractivity contribution in [1.82, 2.24) is 34.8 Å². The molecule has 5 aromatic rings. The molecule has 1 atom stereocenters. The molecule has 0 spiro atoms. The van der Waals surface area contributed by atoms with E-state index in [-0.39, 0.29) is 76.1 Å².